The van der Waals surface area contributed by atoms with Crippen LogP contribution in [0.15, 0.2) is 28.0 Å². The number of thioether (sulfide) groups is 1. The van der Waals surface area contributed by atoms with E-state index < -0.39 is 17.8 Å². The second kappa shape index (κ2) is 10.4. The minimum atomic E-state index is -0.463. The van der Waals surface area contributed by atoms with Crippen LogP contribution in [0.4, 0.5) is 4.79 Å². The lowest BCUT2D eigenvalue weighted by atomic mass is 9.84. The standard InChI is InChI=1S/C22H30N6O4S/c1-13(17-10-14-4-5-15(17)9-14)24-21(31)25-20(30)12-33-22-27-26-19(7-6-18(23)29)28(22)11-16-3-2-8-32-16/h2-3,8,13-15,17H,4-7,9-12H2,1H3,(H2,23,29)(H2,24,25,30,31). The molecule has 4 atom stereocenters. The first-order valence-corrected chi connectivity index (χ1v) is 12.3. The Labute approximate surface area is 196 Å². The van der Waals surface area contributed by atoms with Crippen molar-refractivity contribution in [2.45, 2.75) is 63.2 Å². The molecular formula is C22H30N6O4S. The third-order valence-corrected chi connectivity index (χ3v) is 7.63. The Balaban J connectivity index is 1.29. The average molecular weight is 475 g/mol. The van der Waals surface area contributed by atoms with Gasteiger partial charge in [-0.2, -0.15) is 0 Å². The maximum atomic E-state index is 12.4. The highest BCUT2D eigenvalue weighted by Crippen LogP contribution is 2.49. The predicted octanol–water partition coefficient (Wildman–Crippen LogP) is 2.08. The maximum Gasteiger partial charge on any atom is 0.321 e. The fraction of sp³-hybridized carbons (Fsp3) is 0.591. The molecular weight excluding hydrogens is 444 g/mol. The summed E-state index contributed by atoms with van der Waals surface area (Å²) >= 11 is 1.17. The Hall–Kier alpha value is -2.82. The molecule has 33 heavy (non-hydrogen) atoms. The number of hydrogen-bond donors (Lipinski definition) is 3. The van der Waals surface area contributed by atoms with Gasteiger partial charge in [0.2, 0.25) is 11.8 Å². The van der Waals surface area contributed by atoms with E-state index >= 15 is 0 Å². The van der Waals surface area contributed by atoms with Gasteiger partial charge in [0, 0.05) is 18.9 Å². The van der Waals surface area contributed by atoms with Crippen molar-refractivity contribution in [2.75, 3.05) is 5.75 Å². The molecule has 2 aliphatic carbocycles. The number of carbonyl (C=O) groups is 3. The molecule has 2 aliphatic rings. The Bertz CT molecular complexity index is 991. The van der Waals surface area contributed by atoms with E-state index in [1.54, 1.807) is 16.9 Å². The molecule has 0 spiro atoms. The highest BCUT2D eigenvalue weighted by atomic mass is 32.2. The van der Waals surface area contributed by atoms with Crippen LogP contribution in [0.25, 0.3) is 0 Å². The summed E-state index contributed by atoms with van der Waals surface area (Å²) in [7, 11) is 0. The summed E-state index contributed by atoms with van der Waals surface area (Å²) in [6.07, 6.45) is 7.04. The van der Waals surface area contributed by atoms with E-state index in [1.165, 1.54) is 37.4 Å². The van der Waals surface area contributed by atoms with Crippen LogP contribution in [-0.4, -0.2) is 44.4 Å². The molecule has 0 aliphatic heterocycles. The number of fused-ring (bicyclic) bond motifs is 2. The largest absolute Gasteiger partial charge is 0.467 e. The molecule has 2 bridgehead atoms. The zero-order chi connectivity index (χ0) is 23.4. The van der Waals surface area contributed by atoms with Crippen LogP contribution in [-0.2, 0) is 22.6 Å². The molecule has 4 amide bonds. The number of nitrogens with two attached hydrogens (primary N) is 1. The molecule has 178 valence electrons. The van der Waals surface area contributed by atoms with Gasteiger partial charge in [-0.3, -0.25) is 19.5 Å². The second-order valence-corrected chi connectivity index (χ2v) is 9.91. The normalized spacial score (nSPS) is 22.3. The van der Waals surface area contributed by atoms with Gasteiger partial charge in [0.15, 0.2) is 5.16 Å². The lowest BCUT2D eigenvalue weighted by Crippen LogP contribution is -2.47. The van der Waals surface area contributed by atoms with Crippen LogP contribution in [0.2, 0.25) is 0 Å². The van der Waals surface area contributed by atoms with Crippen molar-refractivity contribution in [3.05, 3.63) is 30.0 Å². The number of imide groups is 1. The molecule has 10 nitrogen and oxygen atoms in total. The minimum Gasteiger partial charge on any atom is -0.467 e. The molecule has 4 rings (SSSR count). The van der Waals surface area contributed by atoms with E-state index in [-0.39, 0.29) is 18.2 Å². The first kappa shape index (κ1) is 23.3. The van der Waals surface area contributed by atoms with Crippen LogP contribution in [0.5, 0.6) is 0 Å². The van der Waals surface area contributed by atoms with Crippen molar-refractivity contribution in [3.63, 3.8) is 0 Å². The fourth-order valence-electron chi connectivity index (χ4n) is 5.11. The predicted molar refractivity (Wildman–Crippen MR) is 121 cm³/mol. The van der Waals surface area contributed by atoms with E-state index in [4.69, 9.17) is 10.2 Å². The summed E-state index contributed by atoms with van der Waals surface area (Å²) in [5, 5.41) is 14.1. The van der Waals surface area contributed by atoms with Gasteiger partial charge < -0.3 is 15.5 Å². The molecule has 0 radical (unpaired) electrons. The van der Waals surface area contributed by atoms with Gasteiger partial charge in [0.25, 0.3) is 0 Å². The summed E-state index contributed by atoms with van der Waals surface area (Å²) in [6.45, 7) is 2.38. The molecule has 4 unspecified atom stereocenters. The van der Waals surface area contributed by atoms with E-state index in [0.29, 0.717) is 41.5 Å². The molecule has 0 aromatic carbocycles. The SMILES string of the molecule is CC(NC(=O)NC(=O)CSc1nnc(CCC(N)=O)n1Cc1ccco1)C1CC2CCC1C2. The van der Waals surface area contributed by atoms with E-state index in [9.17, 15) is 14.4 Å². The fourth-order valence-corrected chi connectivity index (χ4v) is 5.87. The van der Waals surface area contributed by atoms with Crippen molar-refractivity contribution < 1.29 is 18.8 Å². The summed E-state index contributed by atoms with van der Waals surface area (Å²) in [5.41, 5.74) is 5.26. The molecule has 4 N–H and O–H groups in total. The summed E-state index contributed by atoms with van der Waals surface area (Å²) in [6, 6.07) is 3.18. The van der Waals surface area contributed by atoms with Gasteiger partial charge in [-0.15, -0.1) is 10.2 Å². The number of primary amides is 1. The second-order valence-electron chi connectivity index (χ2n) is 8.97. The van der Waals surface area contributed by atoms with Crippen LogP contribution in [0.3, 0.4) is 0 Å². The van der Waals surface area contributed by atoms with Gasteiger partial charge in [0.1, 0.15) is 11.6 Å². The van der Waals surface area contributed by atoms with Gasteiger partial charge in [0.05, 0.1) is 18.6 Å². The quantitative estimate of drug-likeness (QED) is 0.447. The molecule has 2 aromatic heterocycles. The van der Waals surface area contributed by atoms with Crippen LogP contribution in [0, 0.1) is 17.8 Å². The minimum absolute atomic E-state index is 0.00202. The monoisotopic (exact) mass is 474 g/mol. The Morgan fingerprint density at radius 1 is 1.30 bits per heavy atom. The molecule has 2 fully saturated rings. The number of urea groups is 1. The van der Waals surface area contributed by atoms with Gasteiger partial charge >= 0.3 is 6.03 Å². The van der Waals surface area contributed by atoms with Gasteiger partial charge in [-0.25, -0.2) is 4.79 Å². The lowest BCUT2D eigenvalue weighted by molar-refractivity contribution is -0.118. The number of rotatable bonds is 10. The summed E-state index contributed by atoms with van der Waals surface area (Å²) in [4.78, 5) is 35.9. The number of aryl methyl sites for hydroxylation is 1. The maximum absolute atomic E-state index is 12.4. The Morgan fingerprint density at radius 2 is 2.15 bits per heavy atom. The zero-order valence-corrected chi connectivity index (χ0v) is 19.5. The van der Waals surface area contributed by atoms with Crippen molar-refractivity contribution in [1.29, 1.82) is 0 Å². The number of nitrogens with zero attached hydrogens (tertiary/aromatic N) is 3. The van der Waals surface area contributed by atoms with Crippen molar-refractivity contribution in [1.82, 2.24) is 25.4 Å². The molecule has 2 saturated carbocycles. The van der Waals surface area contributed by atoms with Crippen LogP contribution in [0.1, 0.15) is 50.6 Å². The van der Waals surface area contributed by atoms with E-state index in [2.05, 4.69) is 20.8 Å². The molecule has 2 heterocycles. The van der Waals surface area contributed by atoms with Gasteiger partial charge in [-0.1, -0.05) is 18.2 Å². The zero-order valence-electron chi connectivity index (χ0n) is 18.7. The molecule has 0 saturated heterocycles. The number of aromatic nitrogens is 3. The number of carbonyl (C=O) groups excluding carboxylic acids is 3. The highest BCUT2D eigenvalue weighted by Gasteiger charge is 2.42. The number of furan rings is 1. The van der Waals surface area contributed by atoms with E-state index in [1.807, 2.05) is 13.0 Å². The van der Waals surface area contributed by atoms with E-state index in [0.717, 1.165) is 5.92 Å². The first-order chi connectivity index (χ1) is 15.9. The topological polar surface area (TPSA) is 145 Å². The number of amides is 4. The number of nitrogens with one attached hydrogen (secondary N) is 2. The van der Waals surface area contributed by atoms with Crippen LogP contribution < -0.4 is 16.4 Å². The molecule has 2 aromatic rings. The number of hydrogen-bond acceptors (Lipinski definition) is 7. The third-order valence-electron chi connectivity index (χ3n) is 6.66. The average Bonchev–Trinajstić information content (AvgIpc) is 3.56. The lowest BCUT2D eigenvalue weighted by Gasteiger charge is -2.28. The van der Waals surface area contributed by atoms with Gasteiger partial charge in [-0.05, 0) is 56.1 Å². The summed E-state index contributed by atoms with van der Waals surface area (Å²) in [5.74, 6) is 2.42. The third kappa shape index (κ3) is 5.95. The van der Waals surface area contributed by atoms with Crippen molar-refractivity contribution in [2.24, 2.45) is 23.5 Å². The van der Waals surface area contributed by atoms with Crippen molar-refractivity contribution in [3.8, 4) is 0 Å². The van der Waals surface area contributed by atoms with Crippen LogP contribution >= 0.6 is 11.8 Å². The van der Waals surface area contributed by atoms with Crippen molar-refractivity contribution >= 4 is 29.6 Å². The smallest absolute Gasteiger partial charge is 0.321 e. The Morgan fingerprint density at radius 3 is 2.82 bits per heavy atom. The highest BCUT2D eigenvalue weighted by molar-refractivity contribution is 7.99. The summed E-state index contributed by atoms with van der Waals surface area (Å²) < 4.78 is 7.20. The Kier molecular flexibility index (Phi) is 7.36. The first-order valence-electron chi connectivity index (χ1n) is 11.3. The molecule has 11 heteroatoms.